The maximum Gasteiger partial charge on any atom is 0.237 e. The topological polar surface area (TPSA) is 59.8 Å². The third-order valence-corrected chi connectivity index (χ3v) is 5.73. The van der Waals surface area contributed by atoms with Gasteiger partial charge in [0.25, 0.3) is 0 Å². The monoisotopic (exact) mass is 394 g/mol. The molecule has 0 bridgehead atoms. The Morgan fingerprint density at radius 2 is 1.86 bits per heavy atom. The van der Waals surface area contributed by atoms with Crippen molar-refractivity contribution in [2.75, 3.05) is 5.32 Å². The molecule has 1 amide bonds. The summed E-state index contributed by atoms with van der Waals surface area (Å²) in [5.41, 5.74) is 3.02. The summed E-state index contributed by atoms with van der Waals surface area (Å²) < 4.78 is 2.11. The Morgan fingerprint density at radius 1 is 1.11 bits per heavy atom. The van der Waals surface area contributed by atoms with E-state index < -0.39 is 0 Å². The quantitative estimate of drug-likeness (QED) is 0.549. The van der Waals surface area contributed by atoms with E-state index in [0.717, 1.165) is 22.2 Å². The van der Waals surface area contributed by atoms with Crippen LogP contribution in [0.15, 0.2) is 59.8 Å². The maximum absolute atomic E-state index is 12.8. The molecule has 6 heteroatoms. The molecule has 0 aliphatic heterocycles. The van der Waals surface area contributed by atoms with Crippen LogP contribution >= 0.6 is 11.8 Å². The molecule has 1 aromatic heterocycles. The van der Waals surface area contributed by atoms with Crippen molar-refractivity contribution in [3.05, 3.63) is 60.2 Å². The molecule has 0 unspecified atom stereocenters. The molecule has 0 saturated carbocycles. The molecule has 3 rings (SSSR count). The molecule has 1 atom stereocenters. The zero-order chi connectivity index (χ0) is 20.1. The van der Waals surface area contributed by atoms with Gasteiger partial charge in [0.1, 0.15) is 0 Å². The molecule has 1 N–H and O–H groups in total. The number of carbonyl (C=O) groups is 1. The van der Waals surface area contributed by atoms with E-state index in [2.05, 4.69) is 53.0 Å². The average Bonchev–Trinajstić information content (AvgIpc) is 3.10. The zero-order valence-corrected chi connectivity index (χ0v) is 17.5. The first-order valence-electron chi connectivity index (χ1n) is 9.54. The van der Waals surface area contributed by atoms with Gasteiger partial charge in [-0.05, 0) is 45.4 Å². The number of aryl methyl sites for hydroxylation is 1. The van der Waals surface area contributed by atoms with Crippen molar-refractivity contribution in [3.63, 3.8) is 0 Å². The molecule has 0 fully saturated rings. The lowest BCUT2D eigenvalue weighted by molar-refractivity contribution is -0.115. The van der Waals surface area contributed by atoms with Crippen LogP contribution in [0.2, 0.25) is 0 Å². The zero-order valence-electron chi connectivity index (χ0n) is 16.7. The lowest BCUT2D eigenvalue weighted by Crippen LogP contribution is -2.25. The molecule has 2 aromatic carbocycles. The van der Waals surface area contributed by atoms with Crippen molar-refractivity contribution < 1.29 is 4.79 Å². The second-order valence-corrected chi connectivity index (χ2v) is 8.18. The number of nitrogens with one attached hydrogen (secondary N) is 1. The Labute approximate surface area is 170 Å². The molecule has 1 heterocycles. The summed E-state index contributed by atoms with van der Waals surface area (Å²) in [6.07, 6.45) is 0.702. The minimum Gasteiger partial charge on any atom is -0.325 e. The summed E-state index contributed by atoms with van der Waals surface area (Å²) in [5, 5.41) is 12.4. The van der Waals surface area contributed by atoms with Crippen LogP contribution in [0.5, 0.6) is 0 Å². The van der Waals surface area contributed by atoms with Crippen LogP contribution in [0.3, 0.4) is 0 Å². The average molecular weight is 395 g/mol. The Balaban J connectivity index is 1.85. The largest absolute Gasteiger partial charge is 0.325 e. The fraction of sp³-hybridized carbons (Fsp3) is 0.318. The third-order valence-electron chi connectivity index (χ3n) is 4.41. The first kappa shape index (κ1) is 20.1. The summed E-state index contributed by atoms with van der Waals surface area (Å²) in [5.74, 6) is 0.814. The van der Waals surface area contributed by atoms with Crippen LogP contribution in [-0.4, -0.2) is 25.9 Å². The second-order valence-electron chi connectivity index (χ2n) is 7.01. The van der Waals surface area contributed by atoms with Gasteiger partial charge < -0.3 is 5.32 Å². The number of anilines is 1. The smallest absolute Gasteiger partial charge is 0.237 e. The Morgan fingerprint density at radius 3 is 2.50 bits per heavy atom. The van der Waals surface area contributed by atoms with Gasteiger partial charge >= 0.3 is 0 Å². The standard InChI is InChI=1S/C22H26N4OS/c1-5-19(21(27)23-18-12-7-6-8-13-18)28-22-25-24-20(26(22)15(2)3)17-11-9-10-16(4)14-17/h6-15,19H,5H2,1-4H3,(H,23,27)/t19-/m0/s1. The normalized spacial score (nSPS) is 12.2. The van der Waals surface area contributed by atoms with Gasteiger partial charge in [-0.3, -0.25) is 9.36 Å². The predicted molar refractivity (Wildman–Crippen MR) is 116 cm³/mol. The fourth-order valence-electron chi connectivity index (χ4n) is 3.00. The molecule has 0 aliphatic rings. The second kappa shape index (κ2) is 9.06. The molecule has 146 valence electrons. The van der Waals surface area contributed by atoms with Gasteiger partial charge in [0, 0.05) is 17.3 Å². The van der Waals surface area contributed by atoms with E-state index in [-0.39, 0.29) is 17.2 Å². The van der Waals surface area contributed by atoms with Crippen LogP contribution < -0.4 is 5.32 Å². The van der Waals surface area contributed by atoms with Crippen molar-refractivity contribution in [1.82, 2.24) is 14.8 Å². The van der Waals surface area contributed by atoms with E-state index in [1.54, 1.807) is 0 Å². The Hall–Kier alpha value is -2.60. The molecule has 0 aliphatic carbocycles. The van der Waals surface area contributed by atoms with E-state index in [1.807, 2.05) is 49.4 Å². The molecule has 5 nitrogen and oxygen atoms in total. The summed E-state index contributed by atoms with van der Waals surface area (Å²) in [7, 11) is 0. The van der Waals surface area contributed by atoms with Crippen molar-refractivity contribution in [3.8, 4) is 11.4 Å². The van der Waals surface area contributed by atoms with Gasteiger partial charge in [0.15, 0.2) is 11.0 Å². The van der Waals surface area contributed by atoms with Crippen molar-refractivity contribution >= 4 is 23.4 Å². The highest BCUT2D eigenvalue weighted by Gasteiger charge is 2.24. The number of nitrogens with zero attached hydrogens (tertiary/aromatic N) is 3. The van der Waals surface area contributed by atoms with Crippen LogP contribution in [0.25, 0.3) is 11.4 Å². The molecule has 28 heavy (non-hydrogen) atoms. The minimum atomic E-state index is -0.243. The molecular formula is C22H26N4OS. The van der Waals surface area contributed by atoms with Gasteiger partial charge in [-0.15, -0.1) is 10.2 Å². The summed E-state index contributed by atoms with van der Waals surface area (Å²) >= 11 is 1.47. The Bertz CT molecular complexity index is 937. The van der Waals surface area contributed by atoms with Crippen molar-refractivity contribution in [2.45, 2.75) is 50.6 Å². The van der Waals surface area contributed by atoms with Gasteiger partial charge in [-0.25, -0.2) is 0 Å². The molecule has 0 radical (unpaired) electrons. The molecule has 0 saturated heterocycles. The number of hydrogen-bond donors (Lipinski definition) is 1. The van der Waals surface area contributed by atoms with E-state index in [9.17, 15) is 4.79 Å². The van der Waals surface area contributed by atoms with E-state index in [1.165, 1.54) is 17.3 Å². The number of para-hydroxylation sites is 1. The number of thioether (sulfide) groups is 1. The van der Waals surface area contributed by atoms with Gasteiger partial charge in [-0.2, -0.15) is 0 Å². The number of aromatic nitrogens is 3. The lowest BCUT2D eigenvalue weighted by Gasteiger charge is -2.18. The summed E-state index contributed by atoms with van der Waals surface area (Å²) in [6.45, 7) is 8.30. The third kappa shape index (κ3) is 4.62. The highest BCUT2D eigenvalue weighted by Crippen LogP contribution is 2.31. The molecule has 3 aromatic rings. The van der Waals surface area contributed by atoms with E-state index in [0.29, 0.717) is 6.42 Å². The number of hydrogen-bond acceptors (Lipinski definition) is 4. The van der Waals surface area contributed by atoms with Crippen LogP contribution in [0.4, 0.5) is 5.69 Å². The first-order valence-corrected chi connectivity index (χ1v) is 10.4. The number of amides is 1. The van der Waals surface area contributed by atoms with E-state index >= 15 is 0 Å². The van der Waals surface area contributed by atoms with Gasteiger partial charge in [-0.1, -0.05) is 60.6 Å². The van der Waals surface area contributed by atoms with Gasteiger partial charge in [0.2, 0.25) is 5.91 Å². The van der Waals surface area contributed by atoms with Crippen LogP contribution in [0, 0.1) is 6.92 Å². The van der Waals surface area contributed by atoms with E-state index in [4.69, 9.17) is 0 Å². The number of benzene rings is 2. The van der Waals surface area contributed by atoms with Crippen LogP contribution in [-0.2, 0) is 4.79 Å². The predicted octanol–water partition coefficient (Wildman–Crippen LogP) is 5.34. The number of carbonyl (C=O) groups excluding carboxylic acids is 1. The highest BCUT2D eigenvalue weighted by molar-refractivity contribution is 8.00. The lowest BCUT2D eigenvalue weighted by atomic mass is 10.1. The van der Waals surface area contributed by atoms with Gasteiger partial charge in [0.05, 0.1) is 5.25 Å². The SMILES string of the molecule is CC[C@H](Sc1nnc(-c2cccc(C)c2)n1C(C)C)C(=O)Nc1ccccc1. The molecule has 0 spiro atoms. The maximum atomic E-state index is 12.8. The summed E-state index contributed by atoms with van der Waals surface area (Å²) in [6, 6.07) is 18.0. The van der Waals surface area contributed by atoms with Crippen molar-refractivity contribution in [2.24, 2.45) is 0 Å². The number of rotatable bonds is 7. The van der Waals surface area contributed by atoms with Crippen molar-refractivity contribution in [1.29, 1.82) is 0 Å². The Kier molecular flexibility index (Phi) is 6.52. The molecular weight excluding hydrogens is 368 g/mol. The first-order chi connectivity index (χ1) is 13.5. The summed E-state index contributed by atoms with van der Waals surface area (Å²) in [4.78, 5) is 12.8. The van der Waals surface area contributed by atoms with Crippen LogP contribution in [0.1, 0.15) is 38.8 Å². The minimum absolute atomic E-state index is 0.0193. The highest BCUT2D eigenvalue weighted by atomic mass is 32.2. The fourth-order valence-corrected chi connectivity index (χ4v) is 4.08.